The molecule has 1 amide bonds. The number of rotatable bonds is 11. The Labute approximate surface area is 222 Å². The minimum Gasteiger partial charge on any atom is -0.493 e. The number of pyridine rings is 1. The first-order chi connectivity index (χ1) is 18.1. The monoisotopic (exact) mass is 525 g/mol. The van der Waals surface area contributed by atoms with Crippen molar-refractivity contribution in [2.45, 2.75) is 13.1 Å². The first-order valence-corrected chi connectivity index (χ1v) is 12.6. The number of benzene rings is 2. The van der Waals surface area contributed by atoms with Gasteiger partial charge in [0.05, 0.1) is 27.4 Å². The Bertz CT molecular complexity index is 1150. The van der Waals surface area contributed by atoms with Crippen molar-refractivity contribution < 1.29 is 23.7 Å². The van der Waals surface area contributed by atoms with Gasteiger partial charge in [-0.05, 0) is 53.6 Å². The molecule has 196 valence electrons. The predicted octanol–water partition coefficient (Wildman–Crippen LogP) is 4.31. The molecule has 0 N–H and O–H groups in total. The molecular formula is C28H32ClN3O5. The van der Waals surface area contributed by atoms with E-state index in [1.165, 1.54) is 0 Å². The molecule has 2 heterocycles. The van der Waals surface area contributed by atoms with E-state index in [0.29, 0.717) is 47.5 Å². The lowest BCUT2D eigenvalue weighted by Crippen LogP contribution is -2.38. The minimum absolute atomic E-state index is 0.136. The molecule has 1 fully saturated rings. The van der Waals surface area contributed by atoms with Gasteiger partial charge < -0.3 is 23.8 Å². The molecule has 2 aromatic carbocycles. The maximum atomic E-state index is 13.5. The summed E-state index contributed by atoms with van der Waals surface area (Å²) >= 11 is 6.17. The van der Waals surface area contributed by atoms with Crippen LogP contribution >= 0.6 is 11.6 Å². The van der Waals surface area contributed by atoms with Crippen molar-refractivity contribution in [1.82, 2.24) is 14.8 Å². The van der Waals surface area contributed by atoms with Crippen molar-refractivity contribution >= 4 is 17.5 Å². The SMILES string of the molecule is COc1cc(CN(Cc2ccncc2)C(=O)c2cccc(Cl)c2)cc(OC)c1OCCN1CCOCC1. The predicted molar refractivity (Wildman–Crippen MR) is 142 cm³/mol. The quantitative estimate of drug-likeness (QED) is 0.369. The van der Waals surface area contributed by atoms with Gasteiger partial charge in [0.15, 0.2) is 11.5 Å². The highest BCUT2D eigenvalue weighted by Crippen LogP contribution is 2.39. The summed E-state index contributed by atoms with van der Waals surface area (Å²) in [6, 6.07) is 14.5. The van der Waals surface area contributed by atoms with E-state index in [1.807, 2.05) is 24.3 Å². The van der Waals surface area contributed by atoms with E-state index in [1.54, 1.807) is 55.8 Å². The van der Waals surface area contributed by atoms with Crippen molar-refractivity contribution in [2.75, 3.05) is 53.7 Å². The van der Waals surface area contributed by atoms with Crippen molar-refractivity contribution in [3.05, 3.63) is 82.6 Å². The van der Waals surface area contributed by atoms with Gasteiger partial charge in [0.25, 0.3) is 5.91 Å². The number of hydrogen-bond acceptors (Lipinski definition) is 7. The van der Waals surface area contributed by atoms with E-state index in [9.17, 15) is 4.79 Å². The molecule has 1 saturated heterocycles. The largest absolute Gasteiger partial charge is 0.493 e. The molecule has 3 aromatic rings. The molecule has 0 unspecified atom stereocenters. The van der Waals surface area contributed by atoms with Gasteiger partial charge in [0, 0.05) is 55.7 Å². The van der Waals surface area contributed by atoms with Crippen molar-refractivity contribution in [3.63, 3.8) is 0 Å². The molecule has 0 radical (unpaired) electrons. The smallest absolute Gasteiger partial charge is 0.254 e. The zero-order chi connectivity index (χ0) is 26.0. The number of carbonyl (C=O) groups excluding carboxylic acids is 1. The Morgan fingerprint density at radius 1 is 1.00 bits per heavy atom. The molecule has 9 heteroatoms. The number of methoxy groups -OCH3 is 2. The zero-order valence-electron chi connectivity index (χ0n) is 21.2. The maximum absolute atomic E-state index is 13.5. The fourth-order valence-corrected chi connectivity index (χ4v) is 4.39. The fourth-order valence-electron chi connectivity index (χ4n) is 4.20. The lowest BCUT2D eigenvalue weighted by molar-refractivity contribution is 0.0319. The number of carbonyl (C=O) groups is 1. The molecule has 1 aromatic heterocycles. The highest BCUT2D eigenvalue weighted by molar-refractivity contribution is 6.30. The summed E-state index contributed by atoms with van der Waals surface area (Å²) in [6.45, 7) is 5.27. The van der Waals surface area contributed by atoms with Gasteiger partial charge in [-0.15, -0.1) is 0 Å². The number of aromatic nitrogens is 1. The highest BCUT2D eigenvalue weighted by atomic mass is 35.5. The Balaban J connectivity index is 1.55. The normalized spacial score (nSPS) is 13.7. The summed E-state index contributed by atoms with van der Waals surface area (Å²) in [5.41, 5.74) is 2.33. The van der Waals surface area contributed by atoms with Crippen LogP contribution in [0.25, 0.3) is 0 Å². The minimum atomic E-state index is -0.136. The molecule has 1 aliphatic heterocycles. The number of morpholine rings is 1. The third-order valence-corrected chi connectivity index (χ3v) is 6.37. The van der Waals surface area contributed by atoms with Gasteiger partial charge in [-0.2, -0.15) is 0 Å². The standard InChI is InChI=1S/C28H32ClN3O5/c1-34-25-16-22(17-26(35-2)27(25)37-15-12-31-10-13-36-14-11-31)20-32(19-21-6-8-30-9-7-21)28(33)23-4-3-5-24(29)18-23/h3-9,16-18H,10-15,19-20H2,1-2H3. The Morgan fingerprint density at radius 2 is 1.68 bits per heavy atom. The molecule has 37 heavy (non-hydrogen) atoms. The van der Waals surface area contributed by atoms with Crippen LogP contribution in [0.5, 0.6) is 17.2 Å². The summed E-state index contributed by atoms with van der Waals surface area (Å²) in [4.78, 5) is 21.7. The second-order valence-electron chi connectivity index (χ2n) is 8.66. The van der Waals surface area contributed by atoms with Gasteiger partial charge in [-0.1, -0.05) is 17.7 Å². The number of ether oxygens (including phenoxy) is 4. The number of halogens is 1. The van der Waals surface area contributed by atoms with Gasteiger partial charge >= 0.3 is 0 Å². The Morgan fingerprint density at radius 3 is 2.32 bits per heavy atom. The first-order valence-electron chi connectivity index (χ1n) is 12.2. The zero-order valence-corrected chi connectivity index (χ0v) is 21.9. The van der Waals surface area contributed by atoms with E-state index in [-0.39, 0.29) is 5.91 Å². The van der Waals surface area contributed by atoms with Crippen LogP contribution in [0.2, 0.25) is 5.02 Å². The van der Waals surface area contributed by atoms with Crippen LogP contribution in [0.15, 0.2) is 60.9 Å². The van der Waals surface area contributed by atoms with Crippen LogP contribution in [-0.4, -0.2) is 74.4 Å². The molecule has 4 rings (SSSR count). The van der Waals surface area contributed by atoms with E-state index in [4.69, 9.17) is 30.5 Å². The topological polar surface area (TPSA) is 73.4 Å². The maximum Gasteiger partial charge on any atom is 0.254 e. The summed E-state index contributed by atoms with van der Waals surface area (Å²) < 4.78 is 22.8. The first kappa shape index (κ1) is 26.7. The summed E-state index contributed by atoms with van der Waals surface area (Å²) in [6.07, 6.45) is 3.43. The van der Waals surface area contributed by atoms with Gasteiger partial charge in [-0.25, -0.2) is 0 Å². The van der Waals surface area contributed by atoms with E-state index in [2.05, 4.69) is 9.88 Å². The van der Waals surface area contributed by atoms with Crippen LogP contribution in [-0.2, 0) is 17.8 Å². The lowest BCUT2D eigenvalue weighted by Gasteiger charge is -2.27. The summed E-state index contributed by atoms with van der Waals surface area (Å²) in [7, 11) is 3.19. The third-order valence-electron chi connectivity index (χ3n) is 6.13. The van der Waals surface area contributed by atoms with Gasteiger partial charge in [-0.3, -0.25) is 14.7 Å². The number of hydrogen-bond donors (Lipinski definition) is 0. The van der Waals surface area contributed by atoms with Crippen LogP contribution < -0.4 is 14.2 Å². The fraction of sp³-hybridized carbons (Fsp3) is 0.357. The molecule has 0 bridgehead atoms. The van der Waals surface area contributed by atoms with Crippen LogP contribution in [0.4, 0.5) is 0 Å². The summed E-state index contributed by atoms with van der Waals surface area (Å²) in [5.74, 6) is 1.51. The number of amides is 1. The second kappa shape index (κ2) is 13.3. The van der Waals surface area contributed by atoms with Crippen molar-refractivity contribution in [3.8, 4) is 17.2 Å². The van der Waals surface area contributed by atoms with Crippen LogP contribution in [0.1, 0.15) is 21.5 Å². The average molecular weight is 526 g/mol. The average Bonchev–Trinajstić information content (AvgIpc) is 2.93. The lowest BCUT2D eigenvalue weighted by atomic mass is 10.1. The third kappa shape index (κ3) is 7.35. The second-order valence-corrected chi connectivity index (χ2v) is 9.10. The Hall–Kier alpha value is -3.33. The molecule has 8 nitrogen and oxygen atoms in total. The molecule has 0 saturated carbocycles. The summed E-state index contributed by atoms with van der Waals surface area (Å²) in [5, 5.41) is 0.511. The molecule has 0 atom stereocenters. The van der Waals surface area contributed by atoms with Gasteiger partial charge in [0.1, 0.15) is 6.61 Å². The van der Waals surface area contributed by atoms with E-state index >= 15 is 0 Å². The highest BCUT2D eigenvalue weighted by Gasteiger charge is 2.21. The van der Waals surface area contributed by atoms with Crippen LogP contribution in [0.3, 0.4) is 0 Å². The van der Waals surface area contributed by atoms with Crippen molar-refractivity contribution in [1.29, 1.82) is 0 Å². The van der Waals surface area contributed by atoms with E-state index < -0.39 is 0 Å². The molecule has 0 spiro atoms. The molecule has 1 aliphatic rings. The molecule has 0 aliphatic carbocycles. The Kier molecular flexibility index (Phi) is 9.59. The number of nitrogens with zero attached hydrogens (tertiary/aromatic N) is 3. The van der Waals surface area contributed by atoms with Gasteiger partial charge in [0.2, 0.25) is 5.75 Å². The van der Waals surface area contributed by atoms with Crippen molar-refractivity contribution in [2.24, 2.45) is 0 Å². The molecular weight excluding hydrogens is 494 g/mol. The van der Waals surface area contributed by atoms with Crippen LogP contribution in [0, 0.1) is 0 Å². The van der Waals surface area contributed by atoms with E-state index in [0.717, 1.165) is 44.0 Å².